The Bertz CT molecular complexity index is 852. The number of nitro groups is 1. The predicted molar refractivity (Wildman–Crippen MR) is 90.7 cm³/mol. The lowest BCUT2D eigenvalue weighted by Crippen LogP contribution is -2.24. The molecule has 0 bridgehead atoms. The summed E-state index contributed by atoms with van der Waals surface area (Å²) in [5.41, 5.74) is 1.55. The molecule has 0 aliphatic rings. The topological polar surface area (TPSA) is 144 Å². The van der Waals surface area contributed by atoms with Crippen LogP contribution >= 0.6 is 0 Å². The Balaban J connectivity index is 1.99. The van der Waals surface area contributed by atoms with Gasteiger partial charge in [0.1, 0.15) is 0 Å². The minimum absolute atomic E-state index is 0.101. The average molecular weight is 361 g/mol. The van der Waals surface area contributed by atoms with Crippen LogP contribution in [0.25, 0.3) is 0 Å². The minimum atomic E-state index is -0.757. The monoisotopic (exact) mass is 361 g/mol. The Hall–Kier alpha value is -3.82. The predicted octanol–water partition coefficient (Wildman–Crippen LogP) is 1.54. The maximum atomic E-state index is 11.7. The number of hydrogen-bond donors (Lipinski definition) is 3. The number of benzene rings is 2. The zero-order valence-corrected chi connectivity index (χ0v) is 13.6. The molecule has 3 N–H and O–H groups in total. The standard InChI is InChI=1S/C16H15N3O7/c1-25-14-4-2-3-5-15(14)26-9-16(22)18-17-8-10-6-12(20)13(21)7-11(10)19(23)24/h2-8,20-21H,9H2,1H3,(H,18,22)/b17-8+. The van der Waals surface area contributed by atoms with Gasteiger partial charge in [-0.15, -0.1) is 0 Å². The largest absolute Gasteiger partial charge is 0.504 e. The lowest BCUT2D eigenvalue weighted by Gasteiger charge is -2.09. The number of methoxy groups -OCH3 is 1. The van der Waals surface area contributed by atoms with E-state index in [9.17, 15) is 25.1 Å². The summed E-state index contributed by atoms with van der Waals surface area (Å²) in [5, 5.41) is 33.2. The first-order chi connectivity index (χ1) is 12.4. The van der Waals surface area contributed by atoms with Crippen molar-refractivity contribution in [1.82, 2.24) is 5.43 Å². The van der Waals surface area contributed by atoms with E-state index in [0.717, 1.165) is 18.3 Å². The molecule has 10 nitrogen and oxygen atoms in total. The highest BCUT2D eigenvalue weighted by Crippen LogP contribution is 2.31. The van der Waals surface area contributed by atoms with Crippen LogP contribution in [0.15, 0.2) is 41.5 Å². The molecule has 0 unspecified atom stereocenters. The van der Waals surface area contributed by atoms with Gasteiger partial charge in [0.15, 0.2) is 29.6 Å². The van der Waals surface area contributed by atoms with Crippen LogP contribution in [0.3, 0.4) is 0 Å². The third-order valence-corrected chi connectivity index (χ3v) is 3.14. The number of nitrogens with zero attached hydrogens (tertiary/aromatic N) is 2. The van der Waals surface area contributed by atoms with Crippen LogP contribution in [0.4, 0.5) is 5.69 Å². The maximum Gasteiger partial charge on any atom is 0.282 e. The third-order valence-electron chi connectivity index (χ3n) is 3.14. The van der Waals surface area contributed by atoms with E-state index in [2.05, 4.69) is 10.5 Å². The van der Waals surface area contributed by atoms with Crippen molar-refractivity contribution in [2.45, 2.75) is 0 Å². The van der Waals surface area contributed by atoms with E-state index < -0.39 is 28.0 Å². The van der Waals surface area contributed by atoms with E-state index in [1.807, 2.05) is 0 Å². The van der Waals surface area contributed by atoms with Crippen LogP contribution in [0.5, 0.6) is 23.0 Å². The second-order valence-corrected chi connectivity index (χ2v) is 4.89. The van der Waals surface area contributed by atoms with E-state index in [4.69, 9.17) is 9.47 Å². The third kappa shape index (κ3) is 4.60. The Labute approximate surface area is 147 Å². The van der Waals surface area contributed by atoms with Gasteiger partial charge in [-0.25, -0.2) is 5.43 Å². The summed E-state index contributed by atoms with van der Waals surface area (Å²) < 4.78 is 10.4. The Morgan fingerprint density at radius 2 is 1.92 bits per heavy atom. The summed E-state index contributed by atoms with van der Waals surface area (Å²) >= 11 is 0. The van der Waals surface area contributed by atoms with Crippen molar-refractivity contribution >= 4 is 17.8 Å². The molecule has 0 fully saturated rings. The summed E-state index contributed by atoms with van der Waals surface area (Å²) in [7, 11) is 1.46. The van der Waals surface area contributed by atoms with Crippen LogP contribution < -0.4 is 14.9 Å². The number of hydrogen-bond acceptors (Lipinski definition) is 8. The quantitative estimate of drug-likeness (QED) is 0.294. The smallest absolute Gasteiger partial charge is 0.282 e. The number of nitro benzene ring substituents is 1. The van der Waals surface area contributed by atoms with Gasteiger partial charge in [-0.2, -0.15) is 5.10 Å². The molecule has 2 rings (SSSR count). The molecule has 2 aromatic carbocycles. The number of amides is 1. The second kappa shape index (κ2) is 8.33. The van der Waals surface area contributed by atoms with Crippen molar-refractivity contribution < 1.29 is 29.4 Å². The van der Waals surface area contributed by atoms with E-state index in [1.54, 1.807) is 24.3 Å². The number of aromatic hydroxyl groups is 2. The van der Waals surface area contributed by atoms with Gasteiger partial charge in [-0.05, 0) is 18.2 Å². The second-order valence-electron chi connectivity index (χ2n) is 4.89. The van der Waals surface area contributed by atoms with E-state index in [-0.39, 0.29) is 12.2 Å². The summed E-state index contributed by atoms with van der Waals surface area (Å²) in [6.07, 6.45) is 0.971. The lowest BCUT2D eigenvalue weighted by molar-refractivity contribution is -0.385. The molecular formula is C16H15N3O7. The number of carbonyl (C=O) groups is 1. The highest BCUT2D eigenvalue weighted by Gasteiger charge is 2.16. The van der Waals surface area contributed by atoms with Crippen molar-refractivity contribution in [2.24, 2.45) is 5.10 Å². The van der Waals surface area contributed by atoms with Gasteiger partial charge in [0.2, 0.25) is 0 Å². The van der Waals surface area contributed by atoms with Gasteiger partial charge in [-0.1, -0.05) is 12.1 Å². The number of para-hydroxylation sites is 2. The fourth-order valence-electron chi connectivity index (χ4n) is 1.93. The number of phenols is 2. The number of carbonyl (C=O) groups excluding carboxylic acids is 1. The minimum Gasteiger partial charge on any atom is -0.504 e. The van der Waals surface area contributed by atoms with Crippen molar-refractivity contribution in [3.8, 4) is 23.0 Å². The molecule has 26 heavy (non-hydrogen) atoms. The molecule has 0 aromatic heterocycles. The van der Waals surface area contributed by atoms with Gasteiger partial charge in [0.25, 0.3) is 11.6 Å². The van der Waals surface area contributed by atoms with Crippen molar-refractivity contribution in [3.63, 3.8) is 0 Å². The van der Waals surface area contributed by atoms with Crippen LogP contribution in [0, 0.1) is 10.1 Å². The molecule has 0 saturated carbocycles. The molecule has 0 spiro atoms. The maximum absolute atomic E-state index is 11.7. The fourth-order valence-corrected chi connectivity index (χ4v) is 1.93. The number of ether oxygens (including phenoxy) is 2. The first-order valence-corrected chi connectivity index (χ1v) is 7.20. The molecule has 0 heterocycles. The van der Waals surface area contributed by atoms with Gasteiger partial charge in [0.05, 0.1) is 29.9 Å². The number of hydrazone groups is 1. The molecule has 0 aliphatic carbocycles. The summed E-state index contributed by atoms with van der Waals surface area (Å²) in [4.78, 5) is 21.9. The average Bonchev–Trinajstić information content (AvgIpc) is 2.62. The summed E-state index contributed by atoms with van der Waals surface area (Å²) in [6.45, 7) is -0.360. The molecule has 0 radical (unpaired) electrons. The molecular weight excluding hydrogens is 346 g/mol. The van der Waals surface area contributed by atoms with Crippen molar-refractivity contribution in [3.05, 3.63) is 52.1 Å². The summed E-state index contributed by atoms with van der Waals surface area (Å²) in [6, 6.07) is 8.48. The van der Waals surface area contributed by atoms with Gasteiger partial charge in [0, 0.05) is 0 Å². The van der Waals surface area contributed by atoms with Crippen LogP contribution in [0.2, 0.25) is 0 Å². The van der Waals surface area contributed by atoms with E-state index in [0.29, 0.717) is 11.5 Å². The van der Waals surface area contributed by atoms with Gasteiger partial charge >= 0.3 is 0 Å². The lowest BCUT2D eigenvalue weighted by atomic mass is 10.1. The number of nitrogens with one attached hydrogen (secondary N) is 1. The van der Waals surface area contributed by atoms with Gasteiger partial charge < -0.3 is 19.7 Å². The normalized spacial score (nSPS) is 10.5. The Morgan fingerprint density at radius 3 is 2.58 bits per heavy atom. The van der Waals surface area contributed by atoms with Crippen LogP contribution in [-0.4, -0.2) is 41.0 Å². The highest BCUT2D eigenvalue weighted by molar-refractivity contribution is 5.88. The summed E-state index contributed by atoms with van der Waals surface area (Å²) in [5.74, 6) is -0.976. The molecule has 2 aromatic rings. The van der Waals surface area contributed by atoms with Crippen LogP contribution in [-0.2, 0) is 4.79 Å². The molecule has 0 atom stereocenters. The molecule has 0 aliphatic heterocycles. The zero-order valence-electron chi connectivity index (χ0n) is 13.6. The number of rotatable bonds is 7. The molecule has 136 valence electrons. The zero-order chi connectivity index (χ0) is 19.1. The van der Waals surface area contributed by atoms with Crippen molar-refractivity contribution in [1.29, 1.82) is 0 Å². The van der Waals surface area contributed by atoms with Gasteiger partial charge in [-0.3, -0.25) is 14.9 Å². The first-order valence-electron chi connectivity index (χ1n) is 7.20. The highest BCUT2D eigenvalue weighted by atomic mass is 16.6. The Kier molecular flexibility index (Phi) is 5.93. The molecule has 10 heteroatoms. The molecule has 0 saturated heterocycles. The van der Waals surface area contributed by atoms with E-state index >= 15 is 0 Å². The number of phenolic OH excluding ortho intramolecular Hbond substituents is 2. The first kappa shape index (κ1) is 18.5. The Morgan fingerprint density at radius 1 is 1.27 bits per heavy atom. The SMILES string of the molecule is COc1ccccc1OCC(=O)N/N=C/c1cc(O)c(O)cc1[N+](=O)[O-]. The van der Waals surface area contributed by atoms with Crippen LogP contribution in [0.1, 0.15) is 5.56 Å². The molecule has 1 amide bonds. The fraction of sp³-hybridized carbons (Fsp3) is 0.125. The van der Waals surface area contributed by atoms with Crippen molar-refractivity contribution in [2.75, 3.05) is 13.7 Å². The van der Waals surface area contributed by atoms with E-state index in [1.165, 1.54) is 7.11 Å².